The maximum atomic E-state index is 12.5. The normalized spacial score (nSPS) is 19.3. The summed E-state index contributed by atoms with van der Waals surface area (Å²) in [5.41, 5.74) is -0.671. The second-order valence-electron chi connectivity index (χ2n) is 7.97. The van der Waals surface area contributed by atoms with Gasteiger partial charge in [0, 0.05) is 30.3 Å². The largest absolute Gasteiger partial charge is 0.444 e. The predicted octanol–water partition coefficient (Wildman–Crippen LogP) is 2.87. The molecule has 142 valence electrons. The third-order valence-corrected chi connectivity index (χ3v) is 5.02. The summed E-state index contributed by atoms with van der Waals surface area (Å²) in [5.74, 6) is 0.426. The molecule has 0 atom stereocenters. The van der Waals surface area contributed by atoms with Crippen LogP contribution in [0.4, 0.5) is 10.6 Å². The summed E-state index contributed by atoms with van der Waals surface area (Å²) >= 11 is 3.36. The molecule has 2 heterocycles. The highest BCUT2D eigenvalue weighted by Crippen LogP contribution is 2.44. The minimum Gasteiger partial charge on any atom is -0.444 e. The van der Waals surface area contributed by atoms with Crippen LogP contribution in [0.15, 0.2) is 22.8 Å². The van der Waals surface area contributed by atoms with E-state index in [9.17, 15) is 9.59 Å². The molecule has 3 rings (SSSR count). The molecule has 26 heavy (non-hydrogen) atoms. The van der Waals surface area contributed by atoms with Crippen LogP contribution in [0.5, 0.6) is 0 Å². The number of pyridine rings is 1. The fraction of sp³-hybridized carbons (Fsp3) is 0.611. The number of aromatic nitrogens is 1. The van der Waals surface area contributed by atoms with E-state index >= 15 is 0 Å². The van der Waals surface area contributed by atoms with E-state index in [1.54, 1.807) is 12.3 Å². The molecule has 1 aliphatic carbocycles. The van der Waals surface area contributed by atoms with Crippen LogP contribution in [-0.2, 0) is 9.53 Å². The Morgan fingerprint density at radius 2 is 2.08 bits per heavy atom. The number of carbonyl (C=O) groups is 2. The highest BCUT2D eigenvalue weighted by molar-refractivity contribution is 9.10. The van der Waals surface area contributed by atoms with E-state index < -0.39 is 5.60 Å². The number of hydrogen-bond acceptors (Lipinski definition) is 5. The minimum absolute atomic E-state index is 0.0999. The molecule has 0 bridgehead atoms. The van der Waals surface area contributed by atoms with Crippen LogP contribution < -0.4 is 5.32 Å². The van der Waals surface area contributed by atoms with Gasteiger partial charge in [-0.3, -0.25) is 14.6 Å². The second kappa shape index (κ2) is 7.15. The number of halogens is 1. The highest BCUT2D eigenvalue weighted by atomic mass is 79.9. The van der Waals surface area contributed by atoms with E-state index in [4.69, 9.17) is 4.74 Å². The Kier molecular flexibility index (Phi) is 5.25. The Morgan fingerprint density at radius 3 is 2.69 bits per heavy atom. The number of nitrogens with one attached hydrogen (secondary N) is 1. The van der Waals surface area contributed by atoms with Crippen LogP contribution in [0.3, 0.4) is 0 Å². The topological polar surface area (TPSA) is 74.8 Å². The van der Waals surface area contributed by atoms with Gasteiger partial charge >= 0.3 is 6.09 Å². The van der Waals surface area contributed by atoms with Gasteiger partial charge in [-0.25, -0.2) is 9.78 Å². The standard InChI is InChI=1S/C18H25BrN4O3/c1-17(2,3)26-16(25)23-9-8-22(12-18(23)5-6-18)11-15(24)21-14-10-13(19)4-7-20-14/h4,7,10H,5-6,8-9,11-12H2,1-3H3,(H,20,21,24). The van der Waals surface area contributed by atoms with Crippen LogP contribution in [0.1, 0.15) is 33.6 Å². The second-order valence-corrected chi connectivity index (χ2v) is 8.89. The SMILES string of the molecule is CC(C)(C)OC(=O)N1CCN(CC(=O)Nc2cc(Br)ccn2)CC12CC2. The summed E-state index contributed by atoms with van der Waals surface area (Å²) < 4.78 is 6.40. The molecule has 1 aromatic rings. The number of piperazine rings is 1. The van der Waals surface area contributed by atoms with Crippen molar-refractivity contribution < 1.29 is 14.3 Å². The highest BCUT2D eigenvalue weighted by Gasteiger charge is 2.54. The first kappa shape index (κ1) is 19.1. The summed E-state index contributed by atoms with van der Waals surface area (Å²) in [4.78, 5) is 32.9. The van der Waals surface area contributed by atoms with Gasteiger partial charge in [0.2, 0.25) is 5.91 Å². The summed E-state index contributed by atoms with van der Waals surface area (Å²) in [7, 11) is 0. The molecule has 1 saturated heterocycles. The van der Waals surface area contributed by atoms with Crippen molar-refractivity contribution in [3.63, 3.8) is 0 Å². The van der Waals surface area contributed by atoms with Crippen LogP contribution >= 0.6 is 15.9 Å². The van der Waals surface area contributed by atoms with Gasteiger partial charge in [0.15, 0.2) is 0 Å². The Bertz CT molecular complexity index is 700. The lowest BCUT2D eigenvalue weighted by atomic mass is 10.1. The Labute approximate surface area is 162 Å². The average molecular weight is 425 g/mol. The van der Waals surface area contributed by atoms with E-state index in [0.29, 0.717) is 25.5 Å². The van der Waals surface area contributed by atoms with Crippen molar-refractivity contribution in [2.75, 3.05) is 31.5 Å². The van der Waals surface area contributed by atoms with Gasteiger partial charge in [0.1, 0.15) is 11.4 Å². The van der Waals surface area contributed by atoms with Crippen LogP contribution in [0.2, 0.25) is 0 Å². The Balaban J connectivity index is 1.55. The monoisotopic (exact) mass is 424 g/mol. The van der Waals surface area contributed by atoms with Crippen LogP contribution in [0, 0.1) is 0 Å². The molecule has 2 fully saturated rings. The van der Waals surface area contributed by atoms with E-state index in [2.05, 4.69) is 31.1 Å². The first-order valence-corrected chi connectivity index (χ1v) is 9.61. The Hall–Kier alpha value is -1.67. The predicted molar refractivity (Wildman–Crippen MR) is 102 cm³/mol. The third-order valence-electron chi connectivity index (χ3n) is 4.53. The van der Waals surface area contributed by atoms with Gasteiger partial charge in [-0.2, -0.15) is 0 Å². The maximum absolute atomic E-state index is 12.5. The number of anilines is 1. The zero-order valence-electron chi connectivity index (χ0n) is 15.4. The lowest BCUT2D eigenvalue weighted by Gasteiger charge is -2.42. The fourth-order valence-corrected chi connectivity index (χ4v) is 3.56. The van der Waals surface area contributed by atoms with E-state index in [1.807, 2.05) is 31.7 Å². The number of nitrogens with zero attached hydrogens (tertiary/aromatic N) is 3. The molecule has 2 aliphatic rings. The first-order valence-electron chi connectivity index (χ1n) is 8.81. The summed E-state index contributed by atoms with van der Waals surface area (Å²) in [6, 6.07) is 3.57. The lowest BCUT2D eigenvalue weighted by molar-refractivity contribution is -0.118. The van der Waals surface area contributed by atoms with E-state index in [-0.39, 0.29) is 24.1 Å². The molecule has 0 radical (unpaired) electrons. The number of amides is 2. The average Bonchev–Trinajstić information content (AvgIpc) is 3.24. The summed E-state index contributed by atoms with van der Waals surface area (Å²) in [6.07, 6.45) is 3.30. The molecule has 0 unspecified atom stereocenters. The summed E-state index contributed by atoms with van der Waals surface area (Å²) in [5, 5.41) is 2.82. The Morgan fingerprint density at radius 1 is 1.35 bits per heavy atom. The van der Waals surface area contributed by atoms with Crippen molar-refractivity contribution in [1.82, 2.24) is 14.8 Å². The first-order chi connectivity index (χ1) is 12.2. The van der Waals surface area contributed by atoms with E-state index in [0.717, 1.165) is 17.3 Å². The maximum Gasteiger partial charge on any atom is 0.410 e. The van der Waals surface area contributed by atoms with Crippen molar-refractivity contribution >= 4 is 33.7 Å². The molecule has 7 nitrogen and oxygen atoms in total. The van der Waals surface area contributed by atoms with E-state index in [1.165, 1.54) is 0 Å². The van der Waals surface area contributed by atoms with Crippen molar-refractivity contribution in [2.24, 2.45) is 0 Å². The van der Waals surface area contributed by atoms with Gasteiger partial charge < -0.3 is 10.1 Å². The van der Waals surface area contributed by atoms with Gasteiger partial charge in [-0.1, -0.05) is 15.9 Å². The van der Waals surface area contributed by atoms with Gasteiger partial charge in [-0.05, 0) is 45.7 Å². The number of ether oxygens (including phenoxy) is 1. The molecular formula is C18H25BrN4O3. The van der Waals surface area contributed by atoms with Crippen molar-refractivity contribution in [3.8, 4) is 0 Å². The molecule has 1 aromatic heterocycles. The molecule has 8 heteroatoms. The molecule has 1 spiro atoms. The van der Waals surface area contributed by atoms with Gasteiger partial charge in [-0.15, -0.1) is 0 Å². The quantitative estimate of drug-likeness (QED) is 0.806. The van der Waals surface area contributed by atoms with Crippen molar-refractivity contribution in [1.29, 1.82) is 0 Å². The smallest absolute Gasteiger partial charge is 0.410 e. The lowest BCUT2D eigenvalue weighted by Crippen LogP contribution is -2.58. The third kappa shape index (κ3) is 4.73. The number of rotatable bonds is 3. The molecular weight excluding hydrogens is 400 g/mol. The van der Waals surface area contributed by atoms with Gasteiger partial charge in [0.05, 0.1) is 12.1 Å². The molecule has 0 aromatic carbocycles. The van der Waals surface area contributed by atoms with Crippen LogP contribution in [0.25, 0.3) is 0 Å². The van der Waals surface area contributed by atoms with Crippen LogP contribution in [-0.4, -0.2) is 64.1 Å². The molecule has 2 amide bonds. The zero-order chi connectivity index (χ0) is 18.9. The zero-order valence-corrected chi connectivity index (χ0v) is 17.0. The fourth-order valence-electron chi connectivity index (χ4n) is 3.23. The molecule has 1 saturated carbocycles. The van der Waals surface area contributed by atoms with Crippen molar-refractivity contribution in [3.05, 3.63) is 22.8 Å². The van der Waals surface area contributed by atoms with Crippen molar-refractivity contribution in [2.45, 2.75) is 44.8 Å². The molecule has 1 aliphatic heterocycles. The van der Waals surface area contributed by atoms with Gasteiger partial charge in [0.25, 0.3) is 0 Å². The number of carbonyl (C=O) groups excluding carboxylic acids is 2. The molecule has 1 N–H and O–H groups in total. The minimum atomic E-state index is -0.499. The summed E-state index contributed by atoms with van der Waals surface area (Å²) in [6.45, 7) is 7.85. The number of hydrogen-bond donors (Lipinski definition) is 1.